The number of halogens is 1. The molecule has 1 N–H and O–H groups in total. The summed E-state index contributed by atoms with van der Waals surface area (Å²) in [5.74, 6) is 1.26. The van der Waals surface area contributed by atoms with E-state index in [-0.39, 0.29) is 0 Å². The van der Waals surface area contributed by atoms with Crippen molar-refractivity contribution < 1.29 is 14.6 Å². The summed E-state index contributed by atoms with van der Waals surface area (Å²) in [6, 6.07) is 9.18. The lowest BCUT2D eigenvalue weighted by atomic mass is 10.1. The van der Waals surface area contributed by atoms with Gasteiger partial charge in [0.15, 0.2) is 11.5 Å². The number of methoxy groups -OCH3 is 1. The van der Waals surface area contributed by atoms with Gasteiger partial charge in [0.2, 0.25) is 0 Å². The molecule has 5 heteroatoms. The van der Waals surface area contributed by atoms with Gasteiger partial charge < -0.3 is 14.6 Å². The molecule has 0 radical (unpaired) electrons. The largest absolute Gasteiger partial charge is 0.493 e. The normalized spacial score (nSPS) is 12.2. The van der Waals surface area contributed by atoms with Crippen LogP contribution in [0.25, 0.3) is 0 Å². The van der Waals surface area contributed by atoms with Crippen molar-refractivity contribution in [2.45, 2.75) is 19.6 Å². The topological polar surface area (TPSA) is 38.7 Å². The molecule has 0 saturated heterocycles. The quantitative estimate of drug-likeness (QED) is 0.905. The minimum Gasteiger partial charge on any atom is -0.493 e. The summed E-state index contributed by atoms with van der Waals surface area (Å²) >= 11 is 7.35. The van der Waals surface area contributed by atoms with E-state index in [1.807, 2.05) is 18.2 Å². The highest BCUT2D eigenvalue weighted by molar-refractivity contribution is 7.16. The van der Waals surface area contributed by atoms with E-state index >= 15 is 0 Å². The highest BCUT2D eigenvalue weighted by atomic mass is 35.5. The van der Waals surface area contributed by atoms with E-state index < -0.39 is 6.10 Å². The van der Waals surface area contributed by atoms with Gasteiger partial charge >= 0.3 is 0 Å². The third-order valence-corrected chi connectivity index (χ3v) is 3.87. The molecule has 2 aromatic rings. The summed E-state index contributed by atoms with van der Waals surface area (Å²) in [6.07, 6.45) is -0.529. The molecule has 0 aliphatic carbocycles. The molecule has 0 aliphatic rings. The second kappa shape index (κ2) is 6.28. The Labute approximate surface area is 121 Å². The first-order chi connectivity index (χ1) is 9.10. The molecule has 3 nitrogen and oxygen atoms in total. The second-order valence-corrected chi connectivity index (χ2v) is 5.88. The van der Waals surface area contributed by atoms with Crippen LogP contribution in [-0.4, -0.2) is 12.2 Å². The first kappa shape index (κ1) is 14.2. The first-order valence-electron chi connectivity index (χ1n) is 5.83. The van der Waals surface area contributed by atoms with Crippen LogP contribution in [0.2, 0.25) is 4.34 Å². The molecule has 0 spiro atoms. The van der Waals surface area contributed by atoms with E-state index in [0.29, 0.717) is 18.1 Å². The second-order valence-electron chi connectivity index (χ2n) is 4.08. The molecule has 0 aliphatic heterocycles. The number of thiophene rings is 1. The number of aliphatic hydroxyl groups is 1. The zero-order valence-corrected chi connectivity index (χ0v) is 12.3. The number of aliphatic hydroxyl groups excluding tert-OH is 1. The highest BCUT2D eigenvalue weighted by Crippen LogP contribution is 2.31. The summed E-state index contributed by atoms with van der Waals surface area (Å²) in [6.45, 7) is 2.16. The first-order valence-corrected chi connectivity index (χ1v) is 7.02. The van der Waals surface area contributed by atoms with Crippen molar-refractivity contribution in [3.8, 4) is 11.5 Å². The molecule has 102 valence electrons. The fourth-order valence-corrected chi connectivity index (χ4v) is 2.64. The van der Waals surface area contributed by atoms with Crippen LogP contribution in [0.15, 0.2) is 30.3 Å². The molecule has 0 amide bonds. The van der Waals surface area contributed by atoms with Crippen LogP contribution in [0.3, 0.4) is 0 Å². The van der Waals surface area contributed by atoms with Crippen molar-refractivity contribution in [1.29, 1.82) is 0 Å². The lowest BCUT2D eigenvalue weighted by Crippen LogP contribution is -1.98. The standard InChI is InChI=1S/C14H15ClO3S/c1-9(16)10-3-5-12(13(7-10)17-2)18-8-11-4-6-14(15)19-11/h3-7,9,16H,8H2,1-2H3. The molecule has 1 unspecified atom stereocenters. The highest BCUT2D eigenvalue weighted by Gasteiger charge is 2.09. The average molecular weight is 299 g/mol. The van der Waals surface area contributed by atoms with Crippen molar-refractivity contribution in [2.75, 3.05) is 7.11 Å². The van der Waals surface area contributed by atoms with Gasteiger partial charge in [-0.2, -0.15) is 0 Å². The Morgan fingerprint density at radius 1 is 1.26 bits per heavy atom. The minimum atomic E-state index is -0.529. The van der Waals surface area contributed by atoms with E-state index in [2.05, 4.69) is 0 Å². The average Bonchev–Trinajstić information content (AvgIpc) is 2.81. The molecule has 2 rings (SSSR count). The number of hydrogen-bond acceptors (Lipinski definition) is 4. The Bertz CT molecular complexity index is 551. The molecule has 0 saturated carbocycles. The predicted octanol–water partition coefficient (Wildman–Crippen LogP) is 4.04. The third-order valence-electron chi connectivity index (χ3n) is 2.67. The van der Waals surface area contributed by atoms with Crippen LogP contribution in [0.4, 0.5) is 0 Å². The van der Waals surface area contributed by atoms with E-state index in [4.69, 9.17) is 21.1 Å². The summed E-state index contributed by atoms with van der Waals surface area (Å²) in [7, 11) is 1.58. The van der Waals surface area contributed by atoms with Gasteiger partial charge in [0, 0.05) is 4.88 Å². The minimum absolute atomic E-state index is 0.446. The maximum atomic E-state index is 9.54. The Hall–Kier alpha value is -1.23. The van der Waals surface area contributed by atoms with Gasteiger partial charge in [0.25, 0.3) is 0 Å². The van der Waals surface area contributed by atoms with Crippen LogP contribution < -0.4 is 9.47 Å². The monoisotopic (exact) mass is 298 g/mol. The van der Waals surface area contributed by atoms with Gasteiger partial charge in [-0.15, -0.1) is 11.3 Å². The van der Waals surface area contributed by atoms with Crippen molar-refractivity contribution in [3.63, 3.8) is 0 Å². The number of hydrogen-bond donors (Lipinski definition) is 1. The smallest absolute Gasteiger partial charge is 0.161 e. The van der Waals surface area contributed by atoms with E-state index in [1.54, 1.807) is 26.2 Å². The molecular formula is C14H15ClO3S. The van der Waals surface area contributed by atoms with Gasteiger partial charge in [0.1, 0.15) is 6.61 Å². The molecule has 0 bridgehead atoms. The van der Waals surface area contributed by atoms with Crippen molar-refractivity contribution in [1.82, 2.24) is 0 Å². The van der Waals surface area contributed by atoms with E-state index in [9.17, 15) is 5.11 Å². The van der Waals surface area contributed by atoms with Gasteiger partial charge in [-0.1, -0.05) is 17.7 Å². The van der Waals surface area contributed by atoms with Crippen molar-refractivity contribution >= 4 is 22.9 Å². The van der Waals surface area contributed by atoms with Crippen LogP contribution >= 0.6 is 22.9 Å². The fourth-order valence-electron chi connectivity index (χ4n) is 1.64. The molecule has 1 aromatic heterocycles. The SMILES string of the molecule is COc1cc(C(C)O)ccc1OCc1ccc(Cl)s1. The van der Waals surface area contributed by atoms with E-state index in [0.717, 1.165) is 14.8 Å². The number of rotatable bonds is 5. The Morgan fingerprint density at radius 2 is 2.05 bits per heavy atom. The Balaban J connectivity index is 2.11. The zero-order valence-electron chi connectivity index (χ0n) is 10.7. The molecule has 19 heavy (non-hydrogen) atoms. The maximum Gasteiger partial charge on any atom is 0.161 e. The lowest BCUT2D eigenvalue weighted by molar-refractivity contribution is 0.198. The third kappa shape index (κ3) is 3.62. The Morgan fingerprint density at radius 3 is 2.63 bits per heavy atom. The van der Waals surface area contributed by atoms with Crippen LogP contribution in [0.5, 0.6) is 11.5 Å². The molecular weight excluding hydrogens is 284 g/mol. The van der Waals surface area contributed by atoms with Crippen molar-refractivity contribution in [2.24, 2.45) is 0 Å². The summed E-state index contributed by atoms with van der Waals surface area (Å²) in [5, 5.41) is 9.54. The van der Waals surface area contributed by atoms with Crippen LogP contribution in [0.1, 0.15) is 23.5 Å². The fraction of sp³-hybridized carbons (Fsp3) is 0.286. The van der Waals surface area contributed by atoms with Gasteiger partial charge in [-0.05, 0) is 36.8 Å². The molecule has 1 aromatic carbocycles. The van der Waals surface area contributed by atoms with E-state index in [1.165, 1.54) is 11.3 Å². The Kier molecular flexibility index (Phi) is 4.69. The van der Waals surface area contributed by atoms with Crippen LogP contribution in [0, 0.1) is 0 Å². The zero-order chi connectivity index (χ0) is 13.8. The predicted molar refractivity (Wildman–Crippen MR) is 77.3 cm³/mol. The number of benzene rings is 1. The van der Waals surface area contributed by atoms with Crippen molar-refractivity contribution in [3.05, 3.63) is 45.1 Å². The molecule has 1 atom stereocenters. The van der Waals surface area contributed by atoms with Gasteiger partial charge in [0.05, 0.1) is 17.6 Å². The molecule has 1 heterocycles. The summed E-state index contributed by atoms with van der Waals surface area (Å²) < 4.78 is 11.7. The summed E-state index contributed by atoms with van der Waals surface area (Å²) in [5.41, 5.74) is 0.795. The van der Waals surface area contributed by atoms with Crippen LogP contribution in [-0.2, 0) is 6.61 Å². The molecule has 0 fully saturated rings. The lowest BCUT2D eigenvalue weighted by Gasteiger charge is -2.12. The maximum absolute atomic E-state index is 9.54. The summed E-state index contributed by atoms with van der Waals surface area (Å²) in [4.78, 5) is 1.05. The van der Waals surface area contributed by atoms with Gasteiger partial charge in [-0.3, -0.25) is 0 Å². The number of ether oxygens (including phenoxy) is 2. The van der Waals surface area contributed by atoms with Gasteiger partial charge in [-0.25, -0.2) is 0 Å².